The van der Waals surface area contributed by atoms with Crippen LogP contribution in [-0.2, 0) is 0 Å². The molecule has 3 rings (SSSR count). The Kier molecular flexibility index (Phi) is 11.4. The molecule has 0 fully saturated rings. The van der Waals surface area contributed by atoms with Gasteiger partial charge in [0.25, 0.3) is 0 Å². The van der Waals surface area contributed by atoms with Gasteiger partial charge in [0, 0.05) is 0 Å². The number of aliphatic hydroxyl groups excluding tert-OH is 1. The Balaban J connectivity index is 0.00000320. The van der Waals surface area contributed by atoms with Crippen LogP contribution < -0.4 is 15.9 Å². The van der Waals surface area contributed by atoms with E-state index in [0.717, 1.165) is 12.8 Å². The molecule has 3 aromatic rings. The van der Waals surface area contributed by atoms with E-state index in [-0.39, 0.29) is 17.0 Å². The zero-order valence-electron chi connectivity index (χ0n) is 17.9. The molecule has 30 heavy (non-hydrogen) atoms. The number of hydrogen-bond donors (Lipinski definition) is 1. The fourth-order valence-electron chi connectivity index (χ4n) is 4.49. The Morgan fingerprint density at radius 2 is 0.800 bits per heavy atom. The molecule has 0 bridgehead atoms. The third-order valence-corrected chi connectivity index (χ3v) is 11.1. The molecule has 0 atom stereocenters. The minimum absolute atomic E-state index is 0. The van der Waals surface area contributed by atoms with Crippen LogP contribution in [0.3, 0.4) is 0 Å². The Bertz CT molecular complexity index is 711. The number of unbranched alkanes of at least 4 members (excludes halogenated alkanes) is 6. The van der Waals surface area contributed by atoms with Crippen molar-refractivity contribution in [1.82, 2.24) is 0 Å². The minimum atomic E-state index is -2.04. The van der Waals surface area contributed by atoms with Crippen LogP contribution in [0.5, 0.6) is 0 Å². The van der Waals surface area contributed by atoms with Crippen molar-refractivity contribution in [3.8, 4) is 0 Å². The Hall–Kier alpha value is -1.47. The molecule has 0 aliphatic rings. The first kappa shape index (κ1) is 24.8. The Morgan fingerprint density at radius 3 is 1.17 bits per heavy atom. The molecule has 0 aliphatic heterocycles. The zero-order valence-corrected chi connectivity index (χ0v) is 20.6. The van der Waals surface area contributed by atoms with E-state index in [1.165, 1.54) is 54.2 Å². The topological polar surface area (TPSA) is 20.2 Å². The molecule has 0 radical (unpaired) electrons. The maximum atomic E-state index is 8.93. The molecule has 1 N–H and O–H groups in total. The van der Waals surface area contributed by atoms with E-state index in [1.54, 1.807) is 0 Å². The molecule has 0 aromatic heterocycles. The molecule has 162 valence electrons. The van der Waals surface area contributed by atoms with Crippen molar-refractivity contribution in [1.29, 1.82) is 0 Å². The van der Waals surface area contributed by atoms with Gasteiger partial charge in [0.05, 0.1) is 0 Å². The summed E-state index contributed by atoms with van der Waals surface area (Å²) in [5.74, 6) is 0. The van der Waals surface area contributed by atoms with Crippen LogP contribution in [0.15, 0.2) is 91.0 Å². The molecule has 0 heterocycles. The van der Waals surface area contributed by atoms with E-state index in [0.29, 0.717) is 6.61 Å². The second kappa shape index (κ2) is 13.8. The molecule has 0 saturated heterocycles. The predicted octanol–water partition coefficient (Wildman–Crippen LogP) is 6.01. The summed E-state index contributed by atoms with van der Waals surface area (Å²) < 4.78 is 0. The van der Waals surface area contributed by atoms with Gasteiger partial charge in [0.15, 0.2) is 0 Å². The quantitative estimate of drug-likeness (QED) is 0.245. The molecule has 0 spiro atoms. The number of halogens is 1. The average Bonchev–Trinajstić information content (AvgIpc) is 2.80. The molecular weight excluding hydrogens is 451 g/mol. The van der Waals surface area contributed by atoms with Gasteiger partial charge < -0.3 is 0 Å². The van der Waals surface area contributed by atoms with Crippen molar-refractivity contribution in [3.05, 3.63) is 91.0 Å². The summed E-state index contributed by atoms with van der Waals surface area (Å²) in [6, 6.07) is 33.7. The summed E-state index contributed by atoms with van der Waals surface area (Å²) in [5, 5.41) is 13.5. The molecule has 1 nitrogen and oxygen atoms in total. The van der Waals surface area contributed by atoms with Crippen molar-refractivity contribution < 1.29 is 5.11 Å². The first-order valence-electron chi connectivity index (χ1n) is 11.2. The van der Waals surface area contributed by atoms with Crippen LogP contribution >= 0.6 is 24.2 Å². The van der Waals surface area contributed by atoms with Gasteiger partial charge in [-0.05, 0) is 0 Å². The fraction of sp³-hybridized carbons (Fsp3) is 0.333. The van der Waals surface area contributed by atoms with Crippen LogP contribution in [0.25, 0.3) is 0 Å². The van der Waals surface area contributed by atoms with Crippen LogP contribution in [0.4, 0.5) is 0 Å². The standard InChI is InChI=1S/C27H35OP.BrH/c28-23-15-4-2-1-3-5-16-24-29(25-17-9-6-10-18-25,26-19-11-7-12-20-26)27-21-13-8-14-22-27;/h6-14,17-22,28-29H,1-5,15-16,23-24H2;1H. The van der Waals surface area contributed by atoms with Crippen molar-refractivity contribution in [2.24, 2.45) is 0 Å². The Morgan fingerprint density at radius 1 is 0.467 bits per heavy atom. The summed E-state index contributed by atoms with van der Waals surface area (Å²) in [6.07, 6.45) is 9.76. The van der Waals surface area contributed by atoms with Gasteiger partial charge in [-0.2, -0.15) is 0 Å². The Labute approximate surface area is 193 Å². The van der Waals surface area contributed by atoms with E-state index in [1.807, 2.05) is 0 Å². The van der Waals surface area contributed by atoms with Gasteiger partial charge in [0.2, 0.25) is 0 Å². The van der Waals surface area contributed by atoms with E-state index >= 15 is 0 Å². The summed E-state index contributed by atoms with van der Waals surface area (Å²) >= 11 is 0. The van der Waals surface area contributed by atoms with Gasteiger partial charge in [0.1, 0.15) is 0 Å². The fourth-order valence-corrected chi connectivity index (χ4v) is 9.42. The number of aliphatic hydroxyl groups is 1. The monoisotopic (exact) mass is 486 g/mol. The first-order valence-corrected chi connectivity index (χ1v) is 13.4. The summed E-state index contributed by atoms with van der Waals surface area (Å²) in [4.78, 5) is 0. The third-order valence-electron chi connectivity index (χ3n) is 6.01. The van der Waals surface area contributed by atoms with Crippen molar-refractivity contribution in [2.75, 3.05) is 12.8 Å². The zero-order chi connectivity index (χ0) is 20.2. The third kappa shape index (κ3) is 6.51. The molecule has 3 aromatic carbocycles. The summed E-state index contributed by atoms with van der Waals surface area (Å²) in [6.45, 7) is 0.333. The van der Waals surface area contributed by atoms with E-state index in [2.05, 4.69) is 91.0 Å². The SMILES string of the molecule is Br.OCCCCCCCCC[PH](c1ccccc1)(c1ccccc1)c1ccccc1. The number of benzene rings is 3. The number of hydrogen-bond acceptors (Lipinski definition) is 1. The second-order valence-electron chi connectivity index (χ2n) is 7.95. The van der Waals surface area contributed by atoms with E-state index in [4.69, 9.17) is 5.11 Å². The van der Waals surface area contributed by atoms with Gasteiger partial charge in [-0.1, -0.05) is 0 Å². The van der Waals surface area contributed by atoms with Crippen molar-refractivity contribution in [3.63, 3.8) is 0 Å². The van der Waals surface area contributed by atoms with Crippen molar-refractivity contribution >= 4 is 40.2 Å². The van der Waals surface area contributed by atoms with Crippen LogP contribution in [0.2, 0.25) is 0 Å². The van der Waals surface area contributed by atoms with Gasteiger partial charge in [-0.3, -0.25) is 0 Å². The van der Waals surface area contributed by atoms with Crippen LogP contribution in [0.1, 0.15) is 44.9 Å². The summed E-state index contributed by atoms with van der Waals surface area (Å²) in [7, 11) is -2.04. The first-order chi connectivity index (χ1) is 14.4. The molecular formula is C27H36BrOP. The van der Waals surface area contributed by atoms with Crippen molar-refractivity contribution in [2.45, 2.75) is 44.9 Å². The van der Waals surface area contributed by atoms with Gasteiger partial charge in [-0.15, -0.1) is 17.0 Å². The molecule has 3 heteroatoms. The van der Waals surface area contributed by atoms with Gasteiger partial charge >= 0.3 is 177 Å². The normalized spacial score (nSPS) is 11.6. The van der Waals surface area contributed by atoms with Crippen LogP contribution in [0, 0.1) is 0 Å². The maximum absolute atomic E-state index is 8.93. The predicted molar refractivity (Wildman–Crippen MR) is 141 cm³/mol. The second-order valence-corrected chi connectivity index (χ2v) is 12.0. The molecule has 0 amide bonds. The van der Waals surface area contributed by atoms with E-state index in [9.17, 15) is 0 Å². The van der Waals surface area contributed by atoms with Gasteiger partial charge in [-0.25, -0.2) is 0 Å². The molecule has 0 aliphatic carbocycles. The number of rotatable bonds is 12. The van der Waals surface area contributed by atoms with Crippen LogP contribution in [-0.4, -0.2) is 17.9 Å². The molecule has 0 saturated carbocycles. The average molecular weight is 487 g/mol. The summed E-state index contributed by atoms with van der Waals surface area (Å²) in [5.41, 5.74) is 0. The van der Waals surface area contributed by atoms with E-state index < -0.39 is 7.26 Å². The molecule has 0 unspecified atom stereocenters.